The first kappa shape index (κ1) is 41.0. The van der Waals surface area contributed by atoms with Crippen LogP contribution < -0.4 is 0 Å². The zero-order valence-corrected chi connectivity index (χ0v) is 27.9. The van der Waals surface area contributed by atoms with Crippen molar-refractivity contribution < 1.29 is 39.2 Å². The highest BCUT2D eigenvalue weighted by Gasteiger charge is 2.67. The summed E-state index contributed by atoms with van der Waals surface area (Å²) >= 11 is 0. The predicted octanol–water partition coefficient (Wildman–Crippen LogP) is 9.22. The molecule has 0 saturated heterocycles. The molecular formula is C35H64O8. The summed E-state index contributed by atoms with van der Waals surface area (Å²) in [5, 5.41) is 31.6. The van der Waals surface area contributed by atoms with Crippen molar-refractivity contribution in [2.45, 2.75) is 181 Å². The molecule has 0 fully saturated rings. The Kier molecular flexibility index (Phi) is 23.3. The molecule has 0 rings (SSSR count). The number of unbranched alkanes of at least 4 members (excludes halogenated alkanes) is 17. The zero-order valence-electron chi connectivity index (χ0n) is 27.9. The number of aliphatic carboxylic acids is 3. The lowest BCUT2D eigenvalue weighted by Gasteiger charge is -2.48. The average Bonchev–Trinajstić information content (AvgIpc) is 2.95. The second-order valence-corrected chi connectivity index (χ2v) is 12.5. The molecule has 0 aromatic rings. The first-order valence-electron chi connectivity index (χ1n) is 17.4. The molecule has 252 valence electrons. The number of carboxylic acid groups (broad SMARTS) is 3. The lowest BCUT2D eigenvalue weighted by Crippen LogP contribution is -2.65. The van der Waals surface area contributed by atoms with Crippen molar-refractivity contribution in [3.05, 3.63) is 0 Å². The van der Waals surface area contributed by atoms with Crippen LogP contribution in [-0.4, -0.2) is 51.2 Å². The Balaban J connectivity index is 6.38. The van der Waals surface area contributed by atoms with E-state index in [0.717, 1.165) is 103 Å². The molecule has 0 heterocycles. The van der Waals surface area contributed by atoms with Crippen molar-refractivity contribution in [1.82, 2.24) is 0 Å². The van der Waals surface area contributed by atoms with Gasteiger partial charge in [-0.15, -0.1) is 0 Å². The van der Waals surface area contributed by atoms with Gasteiger partial charge in [-0.2, -0.15) is 0 Å². The maximum Gasteiger partial charge on any atom is 0.337 e. The molecule has 0 radical (unpaired) electrons. The molecule has 0 saturated carbocycles. The normalized spacial score (nSPS) is 15.0. The van der Waals surface area contributed by atoms with Gasteiger partial charge in [0.2, 0.25) is 0 Å². The van der Waals surface area contributed by atoms with Crippen LogP contribution in [0.1, 0.15) is 175 Å². The van der Waals surface area contributed by atoms with E-state index in [9.17, 15) is 34.5 Å². The highest BCUT2D eigenvalue weighted by atomic mass is 16.5. The number of ketones is 1. The molecule has 0 aromatic heterocycles. The summed E-state index contributed by atoms with van der Waals surface area (Å²) in [5.74, 6) is -6.10. The van der Waals surface area contributed by atoms with Crippen LogP contribution in [0.15, 0.2) is 0 Å². The lowest BCUT2D eigenvalue weighted by molar-refractivity contribution is -0.215. The molecule has 3 atom stereocenters. The third kappa shape index (κ3) is 14.6. The molecule has 0 spiro atoms. The van der Waals surface area contributed by atoms with Crippen LogP contribution in [-0.2, 0) is 23.9 Å². The van der Waals surface area contributed by atoms with E-state index < -0.39 is 47.0 Å². The van der Waals surface area contributed by atoms with Crippen LogP contribution >= 0.6 is 0 Å². The second kappa shape index (κ2) is 24.4. The molecule has 3 unspecified atom stereocenters. The molecule has 8 nitrogen and oxygen atoms in total. The summed E-state index contributed by atoms with van der Waals surface area (Å²) in [7, 11) is 0. The second-order valence-electron chi connectivity index (χ2n) is 12.5. The number of carboxylic acids is 3. The number of hydrogen-bond acceptors (Lipinski definition) is 5. The van der Waals surface area contributed by atoms with E-state index in [2.05, 4.69) is 20.8 Å². The summed E-state index contributed by atoms with van der Waals surface area (Å²) in [5.41, 5.74) is -4.76. The van der Waals surface area contributed by atoms with E-state index in [1.165, 1.54) is 6.92 Å². The van der Waals surface area contributed by atoms with Gasteiger partial charge in [0, 0.05) is 12.5 Å². The highest BCUT2D eigenvalue weighted by molar-refractivity contribution is 5.96. The fraction of sp³-hybridized carbons (Fsp3) is 0.886. The molecule has 8 heteroatoms. The first-order valence-corrected chi connectivity index (χ1v) is 17.4. The number of rotatable bonds is 31. The van der Waals surface area contributed by atoms with E-state index in [-0.39, 0.29) is 19.4 Å². The van der Waals surface area contributed by atoms with Gasteiger partial charge in [-0.3, -0.25) is 14.4 Å². The van der Waals surface area contributed by atoms with Gasteiger partial charge in [0.05, 0.1) is 6.42 Å². The van der Waals surface area contributed by atoms with Crippen LogP contribution in [0.5, 0.6) is 0 Å². The maximum atomic E-state index is 13.4. The van der Waals surface area contributed by atoms with Gasteiger partial charge in [-0.1, -0.05) is 143 Å². The number of Topliss-reactive ketones (excluding diaryl/α,β-unsaturated/α-hetero) is 1. The smallest absolute Gasteiger partial charge is 0.337 e. The van der Waals surface area contributed by atoms with Crippen LogP contribution in [0.4, 0.5) is 0 Å². The third-order valence-corrected chi connectivity index (χ3v) is 9.05. The van der Waals surface area contributed by atoms with Crippen LogP contribution in [0.25, 0.3) is 0 Å². The standard InChI is InChI=1S/C35H64O8/c1-5-8-11-14-17-20-23-26-34(32(39)40,30(29(4)36)25-22-19-16-13-10-7-3)35(33(41)42,28-31(37)38)43-27-24-21-18-15-12-9-6-2/h30H,5-28H2,1-4H3,(H,37,38)(H,39,40)(H,41,42). The predicted molar refractivity (Wildman–Crippen MR) is 171 cm³/mol. The molecule has 0 bridgehead atoms. The van der Waals surface area contributed by atoms with Crippen LogP contribution in [0.2, 0.25) is 0 Å². The van der Waals surface area contributed by atoms with E-state index >= 15 is 0 Å². The Bertz CT molecular complexity index is 782. The minimum atomic E-state index is -2.56. The van der Waals surface area contributed by atoms with Crippen molar-refractivity contribution in [3.63, 3.8) is 0 Å². The number of carbonyl (C=O) groups excluding carboxylic acids is 1. The topological polar surface area (TPSA) is 138 Å². The lowest BCUT2D eigenvalue weighted by atomic mass is 9.57. The minimum absolute atomic E-state index is 0.0684. The van der Waals surface area contributed by atoms with Gasteiger partial charge in [0.15, 0.2) is 5.60 Å². The Hall–Kier alpha value is -1.96. The highest BCUT2D eigenvalue weighted by Crippen LogP contribution is 2.51. The average molecular weight is 613 g/mol. The summed E-state index contributed by atoms with van der Waals surface area (Å²) in [6, 6.07) is 0. The van der Waals surface area contributed by atoms with Gasteiger partial charge >= 0.3 is 17.9 Å². The monoisotopic (exact) mass is 612 g/mol. The molecular weight excluding hydrogens is 548 g/mol. The molecule has 3 N–H and O–H groups in total. The molecule has 0 aliphatic heterocycles. The van der Waals surface area contributed by atoms with Crippen molar-refractivity contribution >= 4 is 23.7 Å². The van der Waals surface area contributed by atoms with E-state index in [4.69, 9.17) is 4.74 Å². The van der Waals surface area contributed by atoms with Gasteiger partial charge in [-0.05, 0) is 26.2 Å². The summed E-state index contributed by atoms with van der Waals surface area (Å²) in [4.78, 5) is 52.1. The van der Waals surface area contributed by atoms with Crippen LogP contribution in [0.3, 0.4) is 0 Å². The van der Waals surface area contributed by atoms with Gasteiger partial charge < -0.3 is 20.1 Å². The van der Waals surface area contributed by atoms with Crippen molar-refractivity contribution in [2.24, 2.45) is 11.3 Å². The first-order chi connectivity index (χ1) is 20.6. The quantitative estimate of drug-likeness (QED) is 0.0659. The number of hydrogen-bond donors (Lipinski definition) is 3. The maximum absolute atomic E-state index is 13.4. The van der Waals surface area contributed by atoms with Gasteiger partial charge in [0.25, 0.3) is 0 Å². The fourth-order valence-electron chi connectivity index (χ4n) is 6.56. The van der Waals surface area contributed by atoms with Gasteiger partial charge in [0.1, 0.15) is 11.2 Å². The van der Waals surface area contributed by atoms with Crippen molar-refractivity contribution in [1.29, 1.82) is 0 Å². The Morgan fingerprint density at radius 2 is 1.00 bits per heavy atom. The Labute approximate surface area is 261 Å². The molecule has 0 aliphatic rings. The molecule has 0 aromatic carbocycles. The SMILES string of the molecule is CCCCCCCCCOC(CC(=O)O)(C(=O)O)C(CCCCCCCCC)(C(=O)O)C(CCCCCCCC)C(C)=O. The summed E-state index contributed by atoms with van der Waals surface area (Å²) in [6.07, 6.45) is 17.5. The van der Waals surface area contributed by atoms with E-state index in [1.54, 1.807) is 0 Å². The van der Waals surface area contributed by atoms with E-state index in [0.29, 0.717) is 25.7 Å². The summed E-state index contributed by atoms with van der Waals surface area (Å²) in [6.45, 7) is 7.64. The van der Waals surface area contributed by atoms with E-state index in [1.807, 2.05) is 0 Å². The Morgan fingerprint density at radius 1 is 0.581 bits per heavy atom. The number of carbonyl (C=O) groups is 4. The largest absolute Gasteiger partial charge is 0.481 e. The Morgan fingerprint density at radius 3 is 1.40 bits per heavy atom. The summed E-state index contributed by atoms with van der Waals surface area (Å²) < 4.78 is 6.04. The van der Waals surface area contributed by atoms with Gasteiger partial charge in [-0.25, -0.2) is 4.79 Å². The molecule has 0 amide bonds. The fourth-order valence-corrected chi connectivity index (χ4v) is 6.56. The van der Waals surface area contributed by atoms with Crippen LogP contribution in [0, 0.1) is 11.3 Å². The van der Waals surface area contributed by atoms with Crippen molar-refractivity contribution in [2.75, 3.05) is 6.61 Å². The minimum Gasteiger partial charge on any atom is -0.481 e. The molecule has 0 aliphatic carbocycles. The number of ether oxygens (including phenoxy) is 1. The zero-order chi connectivity index (χ0) is 32.6. The van der Waals surface area contributed by atoms with Crippen molar-refractivity contribution in [3.8, 4) is 0 Å². The molecule has 43 heavy (non-hydrogen) atoms. The third-order valence-electron chi connectivity index (χ3n) is 9.05.